The van der Waals surface area contributed by atoms with Crippen molar-refractivity contribution in [2.45, 2.75) is 50.1 Å². The summed E-state index contributed by atoms with van der Waals surface area (Å²) in [5.41, 5.74) is 1.05. The van der Waals surface area contributed by atoms with Crippen molar-refractivity contribution in [2.24, 2.45) is 0 Å². The quantitative estimate of drug-likeness (QED) is 0.357. The Morgan fingerprint density at radius 2 is 1.39 bits per heavy atom. The van der Waals surface area contributed by atoms with Gasteiger partial charge in [-0.15, -0.1) is 0 Å². The Bertz CT molecular complexity index is 1130. The van der Waals surface area contributed by atoms with Gasteiger partial charge in [-0.25, -0.2) is 8.42 Å². The van der Waals surface area contributed by atoms with E-state index in [1.807, 2.05) is 31.2 Å². The van der Waals surface area contributed by atoms with Gasteiger partial charge in [0.2, 0.25) is 10.0 Å². The van der Waals surface area contributed by atoms with Crippen LogP contribution in [0.5, 0.6) is 0 Å². The van der Waals surface area contributed by atoms with Crippen molar-refractivity contribution >= 4 is 28.7 Å². The van der Waals surface area contributed by atoms with Crippen LogP contribution in [0, 0.1) is 6.92 Å². The van der Waals surface area contributed by atoms with E-state index >= 15 is 0 Å². The van der Waals surface area contributed by atoms with Crippen LogP contribution in [0.25, 0.3) is 0 Å². The number of sulfonamides is 1. The van der Waals surface area contributed by atoms with E-state index in [-0.39, 0.29) is 11.1 Å². The molecule has 0 N–H and O–H groups in total. The summed E-state index contributed by atoms with van der Waals surface area (Å²) in [6, 6.07) is 28.1. The molecule has 33 heavy (non-hydrogen) atoms. The Morgan fingerprint density at radius 3 is 1.88 bits per heavy atom. The van der Waals surface area contributed by atoms with Gasteiger partial charge < -0.3 is 4.43 Å². The predicted octanol–water partition coefficient (Wildman–Crippen LogP) is 4.33. The number of rotatable bonds is 8. The van der Waals surface area contributed by atoms with Crippen LogP contribution in [0.3, 0.4) is 0 Å². The lowest BCUT2D eigenvalue weighted by Gasteiger charge is -2.43. The summed E-state index contributed by atoms with van der Waals surface area (Å²) in [4.78, 5) is 0.364. The summed E-state index contributed by atoms with van der Waals surface area (Å²) < 4.78 is 34.5. The fourth-order valence-electron chi connectivity index (χ4n) is 4.65. The fourth-order valence-corrected chi connectivity index (χ4v) is 10.8. The third kappa shape index (κ3) is 4.71. The summed E-state index contributed by atoms with van der Waals surface area (Å²) >= 11 is 0. The van der Waals surface area contributed by atoms with Crippen LogP contribution in [0.1, 0.15) is 32.8 Å². The fraction of sp³-hybridized carbons (Fsp3) is 0.333. The van der Waals surface area contributed by atoms with E-state index in [2.05, 4.69) is 69.3 Å². The van der Waals surface area contributed by atoms with E-state index in [9.17, 15) is 8.42 Å². The molecule has 0 saturated carbocycles. The van der Waals surface area contributed by atoms with Crippen LogP contribution in [0.4, 0.5) is 0 Å². The van der Waals surface area contributed by atoms with Gasteiger partial charge in [0.1, 0.15) is 0 Å². The third-order valence-electron chi connectivity index (χ3n) is 6.48. The van der Waals surface area contributed by atoms with Gasteiger partial charge in [0, 0.05) is 19.2 Å². The number of aryl methyl sites for hydroxylation is 1. The van der Waals surface area contributed by atoms with Gasteiger partial charge in [-0.1, -0.05) is 99.1 Å². The maximum absolute atomic E-state index is 13.0. The number of hydrogen-bond acceptors (Lipinski definition) is 3. The van der Waals surface area contributed by atoms with Crippen LogP contribution in [0.15, 0.2) is 89.8 Å². The summed E-state index contributed by atoms with van der Waals surface area (Å²) in [5.74, 6) is 0. The van der Waals surface area contributed by atoms with Crippen LogP contribution < -0.4 is 10.4 Å². The molecule has 2 atom stereocenters. The monoisotopic (exact) mass is 479 g/mol. The lowest BCUT2D eigenvalue weighted by Crippen LogP contribution is -2.66. The lowest BCUT2D eigenvalue weighted by molar-refractivity contribution is 0.288. The molecule has 3 aromatic rings. The Kier molecular flexibility index (Phi) is 6.65. The van der Waals surface area contributed by atoms with Gasteiger partial charge >= 0.3 is 0 Å². The summed E-state index contributed by atoms with van der Waals surface area (Å²) in [6.07, 6.45) is 0.690. The predicted molar refractivity (Wildman–Crippen MR) is 137 cm³/mol. The minimum absolute atomic E-state index is 0.00508. The molecule has 1 fully saturated rings. The Balaban J connectivity index is 1.54. The Labute approximate surface area is 199 Å². The highest BCUT2D eigenvalue weighted by Gasteiger charge is 2.51. The van der Waals surface area contributed by atoms with Crippen molar-refractivity contribution in [3.8, 4) is 0 Å². The molecule has 1 aliphatic rings. The molecule has 6 heteroatoms. The summed E-state index contributed by atoms with van der Waals surface area (Å²) in [7, 11) is -6.04. The van der Waals surface area contributed by atoms with Gasteiger partial charge in [0.15, 0.2) is 0 Å². The molecule has 0 bridgehead atoms. The first kappa shape index (κ1) is 23.9. The molecule has 1 aliphatic heterocycles. The lowest BCUT2D eigenvalue weighted by atomic mass is 10.2. The zero-order chi connectivity index (χ0) is 23.7. The molecular weight excluding hydrogens is 446 g/mol. The number of hydrogen-bond donors (Lipinski definition) is 0. The average Bonchev–Trinajstić information content (AvgIpc) is 3.58. The van der Waals surface area contributed by atoms with E-state index in [1.54, 1.807) is 16.4 Å². The van der Waals surface area contributed by atoms with Crippen molar-refractivity contribution in [1.29, 1.82) is 0 Å². The van der Waals surface area contributed by atoms with E-state index < -0.39 is 18.3 Å². The highest BCUT2D eigenvalue weighted by molar-refractivity contribution is 7.89. The molecule has 1 unspecified atom stereocenters. The van der Waals surface area contributed by atoms with Crippen molar-refractivity contribution in [1.82, 2.24) is 4.31 Å². The van der Waals surface area contributed by atoms with Crippen LogP contribution in [-0.2, 0) is 14.4 Å². The zero-order valence-corrected chi connectivity index (χ0v) is 21.7. The van der Waals surface area contributed by atoms with Crippen LogP contribution in [-0.4, -0.2) is 40.2 Å². The average molecular weight is 480 g/mol. The van der Waals surface area contributed by atoms with Crippen molar-refractivity contribution in [3.05, 3.63) is 90.5 Å². The largest absolute Gasteiger partial charge is 0.407 e. The topological polar surface area (TPSA) is 46.4 Å². The maximum atomic E-state index is 13.0. The highest BCUT2D eigenvalue weighted by Crippen LogP contribution is 2.37. The van der Waals surface area contributed by atoms with Crippen molar-refractivity contribution in [2.75, 3.05) is 13.2 Å². The molecule has 3 aromatic carbocycles. The van der Waals surface area contributed by atoms with Crippen LogP contribution >= 0.6 is 0 Å². The van der Waals surface area contributed by atoms with E-state index in [0.29, 0.717) is 24.5 Å². The summed E-state index contributed by atoms with van der Waals surface area (Å²) in [6.45, 7) is 9.80. The minimum atomic E-state index is -3.44. The second-order valence-corrected chi connectivity index (χ2v) is 16.0. The zero-order valence-electron chi connectivity index (χ0n) is 19.9. The SMILES string of the molecule is Cc1ccc(S(=O)(=O)N2C[C@H]2CCO[Si](c2ccccc2)(c2ccccc2)C(C)(C)C)cc1. The third-order valence-corrected chi connectivity index (χ3v) is 13.5. The molecule has 4 nitrogen and oxygen atoms in total. The van der Waals surface area contributed by atoms with Gasteiger partial charge in [-0.2, -0.15) is 4.31 Å². The molecule has 0 radical (unpaired) electrons. The van der Waals surface area contributed by atoms with Gasteiger partial charge in [-0.05, 0) is 40.9 Å². The number of nitrogens with zero attached hydrogens (tertiary/aromatic N) is 1. The first-order chi connectivity index (χ1) is 15.7. The standard InChI is InChI=1S/C27H33NO3SSi/c1-22-15-17-24(18-16-22)32(29,30)28-21-23(28)19-20-31-33(27(2,3)4,25-11-7-5-8-12-25)26-13-9-6-10-14-26/h5-18,23H,19-21H2,1-4H3/t23-,28?/m1/s1. The molecule has 0 amide bonds. The Hall–Kier alpha value is -2.25. The van der Waals surface area contributed by atoms with Gasteiger partial charge in [0.05, 0.1) is 4.90 Å². The van der Waals surface area contributed by atoms with Gasteiger partial charge in [0.25, 0.3) is 8.32 Å². The molecule has 0 aliphatic carbocycles. The molecule has 174 valence electrons. The van der Waals surface area contributed by atoms with E-state index in [0.717, 1.165) is 5.56 Å². The second kappa shape index (κ2) is 9.18. The number of benzene rings is 3. The van der Waals surface area contributed by atoms with E-state index in [4.69, 9.17) is 4.43 Å². The molecular formula is C27H33NO3SSi. The first-order valence-electron chi connectivity index (χ1n) is 11.5. The molecule has 1 saturated heterocycles. The minimum Gasteiger partial charge on any atom is -0.407 e. The highest BCUT2D eigenvalue weighted by atomic mass is 32.2. The Morgan fingerprint density at radius 1 is 0.879 bits per heavy atom. The maximum Gasteiger partial charge on any atom is 0.261 e. The normalized spacial score (nSPS) is 18.8. The first-order valence-corrected chi connectivity index (χ1v) is 14.8. The molecule has 0 spiro atoms. The van der Waals surface area contributed by atoms with Crippen molar-refractivity contribution in [3.63, 3.8) is 0 Å². The second-order valence-electron chi connectivity index (χ2n) is 9.84. The van der Waals surface area contributed by atoms with Crippen LogP contribution in [0.2, 0.25) is 5.04 Å². The smallest absolute Gasteiger partial charge is 0.261 e. The van der Waals surface area contributed by atoms with E-state index in [1.165, 1.54) is 10.4 Å². The van der Waals surface area contributed by atoms with Gasteiger partial charge in [-0.3, -0.25) is 0 Å². The summed E-state index contributed by atoms with van der Waals surface area (Å²) in [5, 5.41) is 2.39. The molecule has 1 heterocycles. The molecule has 4 rings (SSSR count). The van der Waals surface area contributed by atoms with Crippen molar-refractivity contribution < 1.29 is 12.8 Å². The molecule has 0 aromatic heterocycles.